The van der Waals surface area contributed by atoms with Crippen molar-refractivity contribution in [2.75, 3.05) is 13.7 Å². The molecule has 1 N–H and O–H groups in total. The van der Waals surface area contributed by atoms with Crippen LogP contribution in [0.15, 0.2) is 17.0 Å². The Morgan fingerprint density at radius 2 is 2.10 bits per heavy atom. The number of rotatable bonds is 5. The van der Waals surface area contributed by atoms with Gasteiger partial charge in [0.05, 0.1) is 12.2 Å². The van der Waals surface area contributed by atoms with Gasteiger partial charge in [0.2, 0.25) is 0 Å². The lowest BCUT2D eigenvalue weighted by Gasteiger charge is -2.14. The Balaban J connectivity index is 3.19. The van der Waals surface area contributed by atoms with Crippen LogP contribution < -0.4 is 5.32 Å². The summed E-state index contributed by atoms with van der Waals surface area (Å²) in [5, 5.41) is 2.33. The number of benzene rings is 1. The first-order valence-electron chi connectivity index (χ1n) is 5.40. The topological polar surface area (TPSA) is 72.5 Å². The van der Waals surface area contributed by atoms with Crippen LogP contribution in [0.2, 0.25) is 5.02 Å². The van der Waals surface area contributed by atoms with E-state index in [9.17, 15) is 17.6 Å². The maximum atomic E-state index is 14.0. The van der Waals surface area contributed by atoms with Gasteiger partial charge in [0.15, 0.2) is 5.82 Å². The number of amides is 1. The molecule has 0 aliphatic rings. The molecule has 0 aliphatic heterocycles. The summed E-state index contributed by atoms with van der Waals surface area (Å²) in [6, 6.07) is 1.48. The van der Waals surface area contributed by atoms with Gasteiger partial charge in [-0.3, -0.25) is 4.79 Å². The summed E-state index contributed by atoms with van der Waals surface area (Å²) < 4.78 is 41.3. The summed E-state index contributed by atoms with van der Waals surface area (Å²) in [6.45, 7) is 1.86. The highest BCUT2D eigenvalue weighted by Gasteiger charge is 2.24. The zero-order valence-electron chi connectivity index (χ0n) is 10.6. The molecule has 1 aromatic rings. The van der Waals surface area contributed by atoms with Crippen LogP contribution >= 0.6 is 22.3 Å². The van der Waals surface area contributed by atoms with E-state index in [2.05, 4.69) is 5.32 Å². The third-order valence-corrected chi connectivity index (χ3v) is 3.84. The van der Waals surface area contributed by atoms with Crippen LogP contribution in [0.25, 0.3) is 0 Å². The SMILES string of the molecule is COCC(C)NC(=O)c1cc(Cl)cc(S(=O)(=O)Cl)c1F. The summed E-state index contributed by atoms with van der Waals surface area (Å²) in [4.78, 5) is 11.0. The zero-order valence-corrected chi connectivity index (χ0v) is 12.9. The Hall–Kier alpha value is -0.890. The van der Waals surface area contributed by atoms with E-state index in [0.29, 0.717) is 0 Å². The molecule has 1 aromatic carbocycles. The molecule has 1 atom stereocenters. The standard InChI is InChI=1S/C11H12Cl2FNO4S/c1-6(5-19-2)15-11(16)8-3-7(12)4-9(10(8)14)20(13,17)18/h3-4,6H,5H2,1-2H3,(H,15,16). The fourth-order valence-electron chi connectivity index (χ4n) is 1.50. The molecule has 0 spiro atoms. The van der Waals surface area contributed by atoms with Crippen LogP contribution in [0.4, 0.5) is 4.39 Å². The minimum Gasteiger partial charge on any atom is -0.383 e. The number of hydrogen-bond donors (Lipinski definition) is 1. The van der Waals surface area contributed by atoms with Gasteiger partial charge in [0, 0.05) is 28.9 Å². The fraction of sp³-hybridized carbons (Fsp3) is 0.364. The summed E-state index contributed by atoms with van der Waals surface area (Å²) in [5.74, 6) is -2.05. The van der Waals surface area contributed by atoms with Crippen molar-refractivity contribution in [1.82, 2.24) is 5.32 Å². The third-order valence-electron chi connectivity index (χ3n) is 2.31. The van der Waals surface area contributed by atoms with Crippen LogP contribution in [-0.2, 0) is 13.8 Å². The molecule has 1 unspecified atom stereocenters. The van der Waals surface area contributed by atoms with E-state index in [4.69, 9.17) is 27.0 Å². The van der Waals surface area contributed by atoms with Gasteiger partial charge >= 0.3 is 0 Å². The van der Waals surface area contributed by atoms with Gasteiger partial charge in [-0.05, 0) is 19.1 Å². The molecule has 0 fully saturated rings. The molecule has 20 heavy (non-hydrogen) atoms. The quantitative estimate of drug-likeness (QED) is 0.831. The second-order valence-corrected chi connectivity index (χ2v) is 7.00. The van der Waals surface area contributed by atoms with Crippen molar-refractivity contribution < 1.29 is 22.3 Å². The lowest BCUT2D eigenvalue weighted by molar-refractivity contribution is 0.0901. The fourth-order valence-corrected chi connectivity index (χ4v) is 2.71. The zero-order chi connectivity index (χ0) is 15.5. The summed E-state index contributed by atoms with van der Waals surface area (Å²) in [7, 11) is 2.19. The van der Waals surface area contributed by atoms with Crippen LogP contribution in [0.3, 0.4) is 0 Å². The molecule has 1 rings (SSSR count). The molecule has 1 amide bonds. The summed E-state index contributed by atoms with van der Waals surface area (Å²) in [6.07, 6.45) is 0. The van der Waals surface area contributed by atoms with E-state index < -0.39 is 31.2 Å². The molecule has 0 saturated carbocycles. The maximum Gasteiger partial charge on any atom is 0.264 e. The highest BCUT2D eigenvalue weighted by molar-refractivity contribution is 8.13. The molecule has 112 valence electrons. The first-order chi connectivity index (χ1) is 9.16. The lowest BCUT2D eigenvalue weighted by Crippen LogP contribution is -2.36. The largest absolute Gasteiger partial charge is 0.383 e. The average Bonchev–Trinajstić information content (AvgIpc) is 2.30. The molecule has 0 bridgehead atoms. The number of hydrogen-bond acceptors (Lipinski definition) is 4. The van der Waals surface area contributed by atoms with Crippen molar-refractivity contribution in [1.29, 1.82) is 0 Å². The van der Waals surface area contributed by atoms with Crippen molar-refractivity contribution in [3.8, 4) is 0 Å². The number of methoxy groups -OCH3 is 1. The van der Waals surface area contributed by atoms with Gasteiger partial charge in [0.1, 0.15) is 4.90 Å². The van der Waals surface area contributed by atoms with E-state index in [0.717, 1.165) is 12.1 Å². The van der Waals surface area contributed by atoms with Gasteiger partial charge < -0.3 is 10.1 Å². The molecule has 0 heterocycles. The first kappa shape index (κ1) is 17.2. The van der Waals surface area contributed by atoms with Crippen molar-refractivity contribution in [3.05, 3.63) is 28.5 Å². The van der Waals surface area contributed by atoms with Crippen molar-refractivity contribution >= 4 is 37.2 Å². The van der Waals surface area contributed by atoms with Crippen molar-refractivity contribution in [2.45, 2.75) is 17.9 Å². The van der Waals surface area contributed by atoms with Crippen LogP contribution in [0, 0.1) is 5.82 Å². The molecular weight excluding hydrogens is 332 g/mol. The normalized spacial score (nSPS) is 13.1. The van der Waals surface area contributed by atoms with Gasteiger partial charge in [-0.2, -0.15) is 0 Å². The van der Waals surface area contributed by atoms with Crippen LogP contribution in [0.1, 0.15) is 17.3 Å². The average molecular weight is 344 g/mol. The molecular formula is C11H12Cl2FNO4S. The third kappa shape index (κ3) is 4.31. The second-order valence-electron chi connectivity index (χ2n) is 4.03. The summed E-state index contributed by atoms with van der Waals surface area (Å²) in [5.41, 5.74) is -0.500. The minimum absolute atomic E-state index is 0.116. The van der Waals surface area contributed by atoms with Gasteiger partial charge in [-0.25, -0.2) is 12.8 Å². The highest BCUT2D eigenvalue weighted by atomic mass is 35.7. The Morgan fingerprint density at radius 1 is 1.50 bits per heavy atom. The van der Waals surface area contributed by atoms with Crippen molar-refractivity contribution in [3.63, 3.8) is 0 Å². The highest BCUT2D eigenvalue weighted by Crippen LogP contribution is 2.26. The van der Waals surface area contributed by atoms with E-state index in [1.54, 1.807) is 6.92 Å². The Bertz CT molecular complexity index is 621. The van der Waals surface area contributed by atoms with E-state index in [1.165, 1.54) is 7.11 Å². The minimum atomic E-state index is -4.34. The molecule has 9 heteroatoms. The number of nitrogens with one attached hydrogen (secondary N) is 1. The number of carbonyl (C=O) groups excluding carboxylic acids is 1. The molecule has 0 aliphatic carbocycles. The van der Waals surface area contributed by atoms with Crippen LogP contribution in [0.5, 0.6) is 0 Å². The van der Waals surface area contributed by atoms with E-state index in [1.807, 2.05) is 0 Å². The number of carbonyl (C=O) groups is 1. The van der Waals surface area contributed by atoms with Gasteiger partial charge in [-0.15, -0.1) is 0 Å². The lowest BCUT2D eigenvalue weighted by atomic mass is 10.2. The molecule has 0 radical (unpaired) electrons. The Labute approximate surface area is 125 Å². The molecule has 0 saturated heterocycles. The maximum absolute atomic E-state index is 14.0. The van der Waals surface area contributed by atoms with E-state index in [-0.39, 0.29) is 17.7 Å². The van der Waals surface area contributed by atoms with Gasteiger partial charge in [0.25, 0.3) is 15.0 Å². The predicted molar refractivity (Wildman–Crippen MR) is 73.3 cm³/mol. The Kier molecular flexibility index (Phi) is 5.76. The van der Waals surface area contributed by atoms with E-state index >= 15 is 0 Å². The first-order valence-corrected chi connectivity index (χ1v) is 8.09. The molecule has 0 aromatic heterocycles. The summed E-state index contributed by atoms with van der Waals surface area (Å²) >= 11 is 5.68. The monoisotopic (exact) mass is 343 g/mol. The van der Waals surface area contributed by atoms with Gasteiger partial charge in [-0.1, -0.05) is 11.6 Å². The molecule has 5 nitrogen and oxygen atoms in total. The predicted octanol–water partition coefficient (Wildman–Crippen LogP) is 2.17. The number of ether oxygens (including phenoxy) is 1. The smallest absolute Gasteiger partial charge is 0.264 e. The number of halogens is 3. The second kappa shape index (κ2) is 6.71. The van der Waals surface area contributed by atoms with Crippen LogP contribution in [-0.4, -0.2) is 34.1 Å². The van der Waals surface area contributed by atoms with Crippen molar-refractivity contribution in [2.24, 2.45) is 0 Å². The Morgan fingerprint density at radius 3 is 2.60 bits per heavy atom.